The van der Waals surface area contributed by atoms with Crippen molar-refractivity contribution in [3.63, 3.8) is 0 Å². The highest BCUT2D eigenvalue weighted by atomic mass is 16.8. The summed E-state index contributed by atoms with van der Waals surface area (Å²) in [6, 6.07) is -0.885. The standard InChI is InChI=1S/C73H139NO18/c1-3-5-7-9-11-13-15-17-19-21-23-25-26-27-28-29-30-31-33-35-37-39-41-43-45-47-49-51-61(79)74-56(57(78)50-48-46-44-42-40-38-36-34-32-24-22-20-18-16-14-12-10-8-6-4-2)55-87-71-67(85)64(82)69(59(53-76)89-71)92-73-68(86)65(83)70(60(54-77)90-73)91-72-66(84)63(81)62(80)58(52-75)88-72/h21,23,56-60,62-73,75-78,80-86H,3-20,22,24-55H2,1-2H3,(H,74,79)/b23-21-. The zero-order valence-electron chi connectivity index (χ0n) is 57.8. The van der Waals surface area contributed by atoms with E-state index in [4.69, 9.17) is 28.4 Å². The molecular formula is C73H139NO18. The van der Waals surface area contributed by atoms with E-state index in [2.05, 4.69) is 31.3 Å². The molecule has 19 nitrogen and oxygen atoms in total. The maximum absolute atomic E-state index is 13.5. The molecule has 12 N–H and O–H groups in total. The second-order valence-corrected chi connectivity index (χ2v) is 27.5. The van der Waals surface area contributed by atoms with Gasteiger partial charge in [-0.3, -0.25) is 4.79 Å². The third kappa shape index (κ3) is 36.4. The molecule has 0 aromatic rings. The van der Waals surface area contributed by atoms with E-state index in [1.54, 1.807) is 0 Å². The molecule has 17 unspecified atom stereocenters. The maximum atomic E-state index is 13.5. The van der Waals surface area contributed by atoms with Gasteiger partial charge < -0.3 is 89.9 Å². The van der Waals surface area contributed by atoms with Gasteiger partial charge in [0.1, 0.15) is 73.2 Å². The van der Waals surface area contributed by atoms with E-state index < -0.39 is 124 Å². The molecule has 0 aromatic heterocycles. The first-order chi connectivity index (χ1) is 44.8. The van der Waals surface area contributed by atoms with Crippen molar-refractivity contribution in [2.24, 2.45) is 0 Å². The number of allylic oxidation sites excluding steroid dienone is 2. The molecule has 0 aromatic carbocycles. The summed E-state index contributed by atoms with van der Waals surface area (Å²) in [5.74, 6) is -0.236. The molecule has 19 heteroatoms. The molecule has 3 heterocycles. The lowest BCUT2D eigenvalue weighted by atomic mass is 9.96. The fourth-order valence-electron chi connectivity index (χ4n) is 13.2. The SMILES string of the molecule is CCCCCCCCCC/C=C\CCCCCCCCCCCCCCCCCC(=O)NC(COC1OC(CO)C(OC2OC(CO)C(OC3OC(CO)C(O)C(O)C3O)C(O)C2O)C(O)C1O)C(O)CCCCCCCCCCCCCCCCCCCCCC. The lowest BCUT2D eigenvalue weighted by Gasteiger charge is -2.48. The molecule has 17 atom stereocenters. The van der Waals surface area contributed by atoms with Gasteiger partial charge in [-0.05, 0) is 38.5 Å². The predicted molar refractivity (Wildman–Crippen MR) is 360 cm³/mol. The van der Waals surface area contributed by atoms with Crippen LogP contribution in [0.4, 0.5) is 0 Å². The zero-order chi connectivity index (χ0) is 66.8. The number of ether oxygens (including phenoxy) is 6. The Labute approximate surface area is 556 Å². The number of hydrogen-bond acceptors (Lipinski definition) is 18. The topological polar surface area (TPSA) is 307 Å². The molecule has 3 aliphatic rings. The number of amides is 1. The zero-order valence-corrected chi connectivity index (χ0v) is 57.8. The number of rotatable bonds is 60. The summed E-state index contributed by atoms with van der Waals surface area (Å²) in [7, 11) is 0. The number of carbonyl (C=O) groups excluding carboxylic acids is 1. The Morgan fingerprint density at radius 3 is 1.05 bits per heavy atom. The quantitative estimate of drug-likeness (QED) is 0.0199. The highest BCUT2D eigenvalue weighted by Gasteiger charge is 2.53. The van der Waals surface area contributed by atoms with Crippen LogP contribution < -0.4 is 5.32 Å². The monoisotopic (exact) mass is 1320 g/mol. The fraction of sp³-hybridized carbons (Fsp3) is 0.959. The van der Waals surface area contributed by atoms with Crippen LogP contribution in [0, 0.1) is 0 Å². The molecule has 3 rings (SSSR count). The molecule has 3 fully saturated rings. The number of hydrogen-bond donors (Lipinski definition) is 12. The molecular weight excluding hydrogens is 1180 g/mol. The summed E-state index contributed by atoms with van der Waals surface area (Å²) in [6.45, 7) is 1.85. The summed E-state index contributed by atoms with van der Waals surface area (Å²) in [6.07, 6.45) is 35.8. The van der Waals surface area contributed by atoms with Gasteiger partial charge in [-0.2, -0.15) is 0 Å². The van der Waals surface area contributed by atoms with Crippen molar-refractivity contribution in [2.75, 3.05) is 26.4 Å². The Balaban J connectivity index is 1.39. The van der Waals surface area contributed by atoms with E-state index >= 15 is 0 Å². The third-order valence-corrected chi connectivity index (χ3v) is 19.3. The number of nitrogens with one attached hydrogen (secondary N) is 1. The van der Waals surface area contributed by atoms with Gasteiger partial charge in [0.25, 0.3) is 0 Å². The largest absolute Gasteiger partial charge is 0.394 e. The third-order valence-electron chi connectivity index (χ3n) is 19.3. The van der Waals surface area contributed by atoms with Crippen LogP contribution in [0.25, 0.3) is 0 Å². The van der Waals surface area contributed by atoms with Crippen LogP contribution in [0.5, 0.6) is 0 Å². The molecule has 3 saturated heterocycles. The summed E-state index contributed by atoms with van der Waals surface area (Å²) >= 11 is 0. The van der Waals surface area contributed by atoms with E-state index in [1.165, 1.54) is 238 Å². The van der Waals surface area contributed by atoms with Crippen LogP contribution in [0.1, 0.15) is 316 Å². The van der Waals surface area contributed by atoms with Gasteiger partial charge in [-0.15, -0.1) is 0 Å². The van der Waals surface area contributed by atoms with Crippen LogP contribution in [-0.2, 0) is 33.2 Å². The van der Waals surface area contributed by atoms with Crippen molar-refractivity contribution in [3.05, 3.63) is 12.2 Å². The Bertz CT molecular complexity index is 1720. The van der Waals surface area contributed by atoms with E-state index in [0.717, 1.165) is 44.9 Å². The van der Waals surface area contributed by atoms with Crippen LogP contribution in [0.15, 0.2) is 12.2 Å². The Hall–Kier alpha value is -1.47. The van der Waals surface area contributed by atoms with E-state index in [0.29, 0.717) is 12.8 Å². The first-order valence-corrected chi connectivity index (χ1v) is 37.9. The van der Waals surface area contributed by atoms with Crippen molar-refractivity contribution < 1.29 is 89.4 Å². The van der Waals surface area contributed by atoms with Crippen molar-refractivity contribution in [3.8, 4) is 0 Å². The first kappa shape index (κ1) is 84.8. The second-order valence-electron chi connectivity index (χ2n) is 27.5. The normalized spacial score (nSPS) is 27.7. The highest BCUT2D eigenvalue weighted by molar-refractivity contribution is 5.76. The van der Waals surface area contributed by atoms with Gasteiger partial charge in [0.15, 0.2) is 18.9 Å². The lowest BCUT2D eigenvalue weighted by molar-refractivity contribution is -0.379. The molecule has 1 amide bonds. The molecule has 544 valence electrons. The highest BCUT2D eigenvalue weighted by Crippen LogP contribution is 2.33. The minimum absolute atomic E-state index is 0.236. The lowest BCUT2D eigenvalue weighted by Crippen LogP contribution is -2.66. The molecule has 0 saturated carbocycles. The average Bonchev–Trinajstić information content (AvgIpc) is 0.854. The summed E-state index contributed by atoms with van der Waals surface area (Å²) in [5, 5.41) is 121. The molecule has 0 spiro atoms. The average molecular weight is 1320 g/mol. The minimum Gasteiger partial charge on any atom is -0.394 e. The Kier molecular flexibility index (Phi) is 51.0. The number of aliphatic hydroxyl groups is 11. The van der Waals surface area contributed by atoms with E-state index in [9.17, 15) is 61.0 Å². The number of carbonyl (C=O) groups is 1. The fourth-order valence-corrected chi connectivity index (χ4v) is 13.2. The van der Waals surface area contributed by atoms with Crippen LogP contribution in [-0.4, -0.2) is 193 Å². The molecule has 3 aliphatic heterocycles. The van der Waals surface area contributed by atoms with Gasteiger partial charge >= 0.3 is 0 Å². The van der Waals surface area contributed by atoms with Crippen LogP contribution in [0.3, 0.4) is 0 Å². The molecule has 0 aliphatic carbocycles. The van der Waals surface area contributed by atoms with Crippen LogP contribution in [0.2, 0.25) is 0 Å². The number of unbranched alkanes of at least 4 members (excludes halogenated alkanes) is 42. The summed E-state index contributed by atoms with van der Waals surface area (Å²) < 4.78 is 34.5. The van der Waals surface area contributed by atoms with Gasteiger partial charge in [0.05, 0.1) is 38.6 Å². The first-order valence-electron chi connectivity index (χ1n) is 37.9. The van der Waals surface area contributed by atoms with Crippen molar-refractivity contribution >= 4 is 5.91 Å². The predicted octanol–water partition coefficient (Wildman–Crippen LogP) is 11.2. The Morgan fingerprint density at radius 1 is 0.380 bits per heavy atom. The minimum atomic E-state index is -1.97. The molecule has 0 bridgehead atoms. The smallest absolute Gasteiger partial charge is 0.220 e. The molecule has 0 radical (unpaired) electrons. The Morgan fingerprint density at radius 2 is 0.685 bits per heavy atom. The number of aliphatic hydroxyl groups excluding tert-OH is 11. The molecule has 92 heavy (non-hydrogen) atoms. The van der Waals surface area contributed by atoms with Gasteiger partial charge in [0.2, 0.25) is 5.91 Å². The van der Waals surface area contributed by atoms with Gasteiger partial charge in [0, 0.05) is 6.42 Å². The van der Waals surface area contributed by atoms with Crippen molar-refractivity contribution in [1.82, 2.24) is 5.32 Å². The van der Waals surface area contributed by atoms with E-state index in [-0.39, 0.29) is 18.9 Å². The van der Waals surface area contributed by atoms with E-state index in [1.807, 2.05) is 0 Å². The maximum Gasteiger partial charge on any atom is 0.220 e. The van der Waals surface area contributed by atoms with Crippen molar-refractivity contribution in [1.29, 1.82) is 0 Å². The second kappa shape index (κ2) is 55.4. The van der Waals surface area contributed by atoms with Gasteiger partial charge in [-0.1, -0.05) is 283 Å². The van der Waals surface area contributed by atoms with Crippen LogP contribution >= 0.6 is 0 Å². The van der Waals surface area contributed by atoms with Gasteiger partial charge in [-0.25, -0.2) is 0 Å². The summed E-state index contributed by atoms with van der Waals surface area (Å²) in [4.78, 5) is 13.5. The summed E-state index contributed by atoms with van der Waals surface area (Å²) in [5.41, 5.74) is 0. The van der Waals surface area contributed by atoms with Crippen molar-refractivity contribution in [2.45, 2.75) is 420 Å².